The molecule has 7 heteroatoms. The molecule has 2 rings (SSSR count). The molecule has 0 aromatic heterocycles. The number of carbonyl (C=O) groups excluding carboxylic acids is 1. The molecule has 0 aliphatic carbocycles. The fraction of sp³-hybridized carbons (Fsp3) is 0.333. The highest BCUT2D eigenvalue weighted by Crippen LogP contribution is 2.26. The minimum atomic E-state index is -1.16. The van der Waals surface area contributed by atoms with Gasteiger partial charge in [0.25, 0.3) is 5.91 Å². The van der Waals surface area contributed by atoms with Crippen molar-refractivity contribution in [3.8, 4) is 5.75 Å². The van der Waals surface area contributed by atoms with Gasteiger partial charge in [-0.15, -0.1) is 0 Å². The first-order valence-corrected chi connectivity index (χ1v) is 6.68. The van der Waals surface area contributed by atoms with Gasteiger partial charge in [-0.1, -0.05) is 0 Å². The van der Waals surface area contributed by atoms with E-state index in [-0.39, 0.29) is 24.3 Å². The van der Waals surface area contributed by atoms with E-state index in [0.29, 0.717) is 0 Å². The minimum absolute atomic E-state index is 0.00572. The second-order valence-electron chi connectivity index (χ2n) is 4.36. The van der Waals surface area contributed by atoms with Gasteiger partial charge >= 0.3 is 5.97 Å². The van der Waals surface area contributed by atoms with E-state index in [9.17, 15) is 19.8 Å². The van der Waals surface area contributed by atoms with Gasteiger partial charge in [0.1, 0.15) is 11.8 Å². The summed E-state index contributed by atoms with van der Waals surface area (Å²) in [6.45, 7) is -0.0410. The zero-order valence-electron chi connectivity index (χ0n) is 9.78. The third kappa shape index (κ3) is 2.81. The number of amides is 1. The lowest BCUT2D eigenvalue weighted by Gasteiger charge is -2.21. The maximum Gasteiger partial charge on any atom is 0.326 e. The number of aliphatic carboxylic acids is 1. The number of phenolic OH excluding ortho intramolecular Hbond substituents is 1. The molecule has 1 unspecified atom stereocenters. The molecule has 0 radical (unpaired) electrons. The van der Waals surface area contributed by atoms with Crippen molar-refractivity contribution in [1.82, 2.24) is 4.90 Å². The Morgan fingerprint density at radius 3 is 2.68 bits per heavy atom. The summed E-state index contributed by atoms with van der Waals surface area (Å²) in [5, 5.41) is 28.3. The van der Waals surface area contributed by atoms with Crippen molar-refractivity contribution >= 4 is 34.5 Å². The largest absolute Gasteiger partial charge is 0.507 e. The van der Waals surface area contributed by atoms with Crippen molar-refractivity contribution in [2.45, 2.75) is 18.6 Å². The average Bonchev–Trinajstić information content (AvgIpc) is 2.74. The Bertz CT molecular complexity index is 533. The van der Waals surface area contributed by atoms with Crippen molar-refractivity contribution < 1.29 is 24.9 Å². The van der Waals surface area contributed by atoms with Gasteiger partial charge in [-0.25, -0.2) is 4.79 Å². The van der Waals surface area contributed by atoms with Crippen LogP contribution in [0.2, 0.25) is 0 Å². The van der Waals surface area contributed by atoms with Gasteiger partial charge in [-0.2, -0.15) is 0 Å². The fourth-order valence-corrected chi connectivity index (χ4v) is 2.60. The molecule has 1 saturated heterocycles. The molecule has 1 aliphatic rings. The van der Waals surface area contributed by atoms with Crippen LogP contribution in [0.4, 0.5) is 0 Å². The molecule has 1 fully saturated rings. The quantitative estimate of drug-likeness (QED) is 0.658. The van der Waals surface area contributed by atoms with Gasteiger partial charge in [0, 0.05) is 16.5 Å². The molecule has 102 valence electrons. The van der Waals surface area contributed by atoms with Crippen LogP contribution in [0.3, 0.4) is 0 Å². The number of β-amino-alcohol motifs (C(OH)–C–C–N with tert-alkyl or cyclic N) is 1. The van der Waals surface area contributed by atoms with Gasteiger partial charge in [-0.3, -0.25) is 4.79 Å². The molecule has 1 heterocycles. The Balaban J connectivity index is 2.33. The molecule has 1 amide bonds. The smallest absolute Gasteiger partial charge is 0.326 e. The van der Waals surface area contributed by atoms with Crippen LogP contribution < -0.4 is 0 Å². The number of carbonyl (C=O) groups is 2. The van der Waals surface area contributed by atoms with Crippen molar-refractivity contribution in [1.29, 1.82) is 0 Å². The van der Waals surface area contributed by atoms with Crippen LogP contribution in [0, 0.1) is 3.57 Å². The van der Waals surface area contributed by atoms with Crippen LogP contribution in [-0.4, -0.2) is 50.8 Å². The molecule has 1 aromatic carbocycles. The molecule has 1 aromatic rings. The third-order valence-corrected chi connectivity index (χ3v) is 3.68. The van der Waals surface area contributed by atoms with Crippen LogP contribution in [0.1, 0.15) is 16.8 Å². The molecular weight excluding hydrogens is 365 g/mol. The number of aromatic hydroxyl groups is 1. The normalized spacial score (nSPS) is 22.5. The lowest BCUT2D eigenvalue weighted by molar-refractivity contribution is -0.141. The van der Waals surface area contributed by atoms with E-state index in [2.05, 4.69) is 0 Å². The van der Waals surface area contributed by atoms with Crippen LogP contribution >= 0.6 is 22.6 Å². The lowest BCUT2D eigenvalue weighted by Crippen LogP contribution is -2.40. The Hall–Kier alpha value is -1.35. The average molecular weight is 377 g/mol. The number of hydrogen-bond donors (Lipinski definition) is 3. The number of carboxylic acid groups (broad SMARTS) is 1. The first kappa shape index (κ1) is 14.1. The number of benzene rings is 1. The number of halogens is 1. The van der Waals surface area contributed by atoms with Crippen molar-refractivity contribution in [3.05, 3.63) is 27.3 Å². The second-order valence-corrected chi connectivity index (χ2v) is 5.61. The number of aliphatic hydroxyl groups excluding tert-OH is 1. The van der Waals surface area contributed by atoms with E-state index >= 15 is 0 Å². The monoisotopic (exact) mass is 377 g/mol. The maximum absolute atomic E-state index is 12.3. The predicted molar refractivity (Wildman–Crippen MR) is 73.9 cm³/mol. The highest BCUT2D eigenvalue weighted by atomic mass is 127. The summed E-state index contributed by atoms with van der Waals surface area (Å²) in [5.74, 6) is -1.94. The third-order valence-electron chi connectivity index (χ3n) is 3.01. The van der Waals surface area contributed by atoms with Crippen molar-refractivity contribution in [3.63, 3.8) is 0 Å². The zero-order valence-corrected chi connectivity index (χ0v) is 11.9. The molecule has 19 heavy (non-hydrogen) atoms. The lowest BCUT2D eigenvalue weighted by atomic mass is 10.1. The Labute approximate surface area is 122 Å². The summed E-state index contributed by atoms with van der Waals surface area (Å²) in [6.07, 6.45) is -0.846. The minimum Gasteiger partial charge on any atom is -0.507 e. The van der Waals surface area contributed by atoms with Gasteiger partial charge in [0.15, 0.2) is 0 Å². The van der Waals surface area contributed by atoms with Crippen LogP contribution in [0.25, 0.3) is 0 Å². The summed E-state index contributed by atoms with van der Waals surface area (Å²) in [4.78, 5) is 24.4. The van der Waals surface area contributed by atoms with Gasteiger partial charge < -0.3 is 20.2 Å². The first-order chi connectivity index (χ1) is 8.90. The summed E-state index contributed by atoms with van der Waals surface area (Å²) in [5.41, 5.74) is 0.0484. The summed E-state index contributed by atoms with van der Waals surface area (Å²) in [6, 6.07) is 3.46. The molecule has 0 saturated carbocycles. The first-order valence-electron chi connectivity index (χ1n) is 5.60. The highest BCUT2D eigenvalue weighted by molar-refractivity contribution is 14.1. The van der Waals surface area contributed by atoms with Gasteiger partial charge in [0.2, 0.25) is 0 Å². The summed E-state index contributed by atoms with van der Waals surface area (Å²) < 4.78 is 0.755. The number of phenols is 1. The maximum atomic E-state index is 12.3. The Morgan fingerprint density at radius 1 is 1.37 bits per heavy atom. The Morgan fingerprint density at radius 2 is 2.05 bits per heavy atom. The number of aliphatic hydroxyl groups is 1. The highest BCUT2D eigenvalue weighted by Gasteiger charge is 2.39. The summed E-state index contributed by atoms with van der Waals surface area (Å²) >= 11 is 1.99. The summed E-state index contributed by atoms with van der Waals surface area (Å²) in [7, 11) is 0. The number of likely N-dealkylation sites (tertiary alicyclic amines) is 1. The van der Waals surface area contributed by atoms with E-state index in [0.717, 1.165) is 8.47 Å². The molecular formula is C12H12INO5. The van der Waals surface area contributed by atoms with Gasteiger partial charge in [0.05, 0.1) is 11.7 Å². The number of nitrogens with zero attached hydrogens (tertiary/aromatic N) is 1. The number of rotatable bonds is 2. The second kappa shape index (κ2) is 5.33. The molecule has 2 atom stereocenters. The Kier molecular flexibility index (Phi) is 3.95. The molecule has 6 nitrogen and oxygen atoms in total. The standard InChI is InChI=1S/C12H12INO5/c13-6-1-2-10(16)8(3-6)11(17)14-5-7(15)4-9(14)12(18)19/h1-3,7,9,15-16H,4-5H2,(H,18,19)/t7?,9-/m0/s1. The van der Waals surface area contributed by atoms with Crippen molar-refractivity contribution in [2.75, 3.05) is 6.54 Å². The molecule has 0 bridgehead atoms. The molecule has 3 N–H and O–H groups in total. The molecule has 0 spiro atoms. The number of carboxylic acids is 1. The van der Waals surface area contributed by atoms with E-state index in [1.165, 1.54) is 12.1 Å². The van der Waals surface area contributed by atoms with Crippen LogP contribution in [0.5, 0.6) is 5.75 Å². The van der Waals surface area contributed by atoms with Crippen LogP contribution in [-0.2, 0) is 4.79 Å². The SMILES string of the molecule is O=C(O)[C@@H]1CC(O)CN1C(=O)c1cc(I)ccc1O. The van der Waals surface area contributed by atoms with E-state index in [1.807, 2.05) is 22.6 Å². The number of hydrogen-bond acceptors (Lipinski definition) is 4. The fourth-order valence-electron chi connectivity index (χ4n) is 2.11. The van der Waals surface area contributed by atoms with E-state index in [1.54, 1.807) is 6.07 Å². The topological polar surface area (TPSA) is 98.1 Å². The van der Waals surface area contributed by atoms with E-state index in [4.69, 9.17) is 5.11 Å². The molecule has 1 aliphatic heterocycles. The van der Waals surface area contributed by atoms with E-state index < -0.39 is 24.0 Å². The van der Waals surface area contributed by atoms with Gasteiger partial charge in [-0.05, 0) is 40.8 Å². The predicted octanol–water partition coefficient (Wildman–Crippen LogP) is 0.657. The van der Waals surface area contributed by atoms with Crippen molar-refractivity contribution in [2.24, 2.45) is 0 Å². The van der Waals surface area contributed by atoms with Crippen LogP contribution in [0.15, 0.2) is 18.2 Å². The zero-order chi connectivity index (χ0) is 14.2.